The fourth-order valence-corrected chi connectivity index (χ4v) is 2.55. The molecule has 0 bridgehead atoms. The normalized spacial score (nSPS) is 29.3. The summed E-state index contributed by atoms with van der Waals surface area (Å²) in [4.78, 5) is 12.1. The Morgan fingerprint density at radius 1 is 1.38 bits per heavy atom. The zero-order valence-corrected chi connectivity index (χ0v) is 11.6. The molecule has 8 nitrogen and oxygen atoms in total. The number of nitrogen functional groups attached to an aromatic ring is 1. The lowest BCUT2D eigenvalue weighted by molar-refractivity contribution is -0.0602. The van der Waals surface area contributed by atoms with Crippen LogP contribution in [0.25, 0.3) is 11.2 Å². The number of alkyl halides is 1. The van der Waals surface area contributed by atoms with E-state index in [9.17, 15) is 4.39 Å². The summed E-state index contributed by atoms with van der Waals surface area (Å²) in [5.41, 5.74) is 6.56. The van der Waals surface area contributed by atoms with Gasteiger partial charge in [-0.3, -0.25) is 4.57 Å². The highest BCUT2D eigenvalue weighted by atomic mass is 19.1. The van der Waals surface area contributed by atoms with Crippen LogP contribution in [0.15, 0.2) is 12.7 Å². The minimum absolute atomic E-state index is 0.235. The van der Waals surface area contributed by atoms with Gasteiger partial charge in [-0.25, -0.2) is 19.3 Å². The highest BCUT2D eigenvalue weighted by Gasteiger charge is 2.47. The number of nitrogens with two attached hydrogens (primary N) is 1. The Morgan fingerprint density at radius 2 is 2.19 bits per heavy atom. The Hall–Kier alpha value is -1.84. The van der Waals surface area contributed by atoms with E-state index >= 15 is 0 Å². The molecule has 0 aliphatic carbocycles. The number of rotatable bonds is 4. The largest absolute Gasteiger partial charge is 0.382 e. The maximum absolute atomic E-state index is 14.6. The van der Waals surface area contributed by atoms with Gasteiger partial charge in [0.15, 0.2) is 23.9 Å². The molecule has 0 radical (unpaired) electrons. The number of ether oxygens (including phenoxy) is 3. The number of aromatic nitrogens is 4. The van der Waals surface area contributed by atoms with E-state index in [0.717, 1.165) is 0 Å². The van der Waals surface area contributed by atoms with Gasteiger partial charge in [0.1, 0.15) is 24.1 Å². The first-order valence-electron chi connectivity index (χ1n) is 6.41. The number of nitrogens with zero attached hydrogens (tertiary/aromatic N) is 4. The first-order chi connectivity index (χ1) is 10.2. The summed E-state index contributed by atoms with van der Waals surface area (Å²) in [6.45, 7) is 0.235. The SMILES string of the molecule is COC[C@H]1O[C@@H](n2cnc3c(N)ncnc32)C(F)[C@H]1OC. The van der Waals surface area contributed by atoms with Crippen LogP contribution in [0.2, 0.25) is 0 Å². The van der Waals surface area contributed by atoms with Crippen LogP contribution in [0.4, 0.5) is 10.2 Å². The van der Waals surface area contributed by atoms with Gasteiger partial charge in [0.2, 0.25) is 0 Å². The molecular formula is C12H16FN5O3. The van der Waals surface area contributed by atoms with E-state index in [1.165, 1.54) is 31.4 Å². The maximum Gasteiger partial charge on any atom is 0.174 e. The fraction of sp³-hybridized carbons (Fsp3) is 0.583. The van der Waals surface area contributed by atoms with Crippen LogP contribution in [0.3, 0.4) is 0 Å². The molecule has 1 aliphatic heterocycles. The molecule has 0 amide bonds. The standard InChI is InChI=1S/C12H16FN5O3/c1-19-3-6-9(20-2)7(13)12(21-6)18-5-17-8-10(14)15-4-16-11(8)18/h4-7,9,12H,3H2,1-2H3,(H2,14,15,16)/t6-,7?,9+,12-/m1/s1. The van der Waals surface area contributed by atoms with E-state index in [2.05, 4.69) is 15.0 Å². The Balaban J connectivity index is 1.97. The predicted octanol–water partition coefficient (Wildman–Crippen LogP) is 0.305. The van der Waals surface area contributed by atoms with Crippen molar-refractivity contribution in [2.24, 2.45) is 0 Å². The zero-order valence-electron chi connectivity index (χ0n) is 11.6. The first-order valence-corrected chi connectivity index (χ1v) is 6.41. The van der Waals surface area contributed by atoms with Crippen LogP contribution < -0.4 is 5.73 Å². The monoisotopic (exact) mass is 297 g/mol. The molecule has 21 heavy (non-hydrogen) atoms. The van der Waals surface area contributed by atoms with Crippen LogP contribution in [-0.4, -0.2) is 58.7 Å². The molecule has 2 N–H and O–H groups in total. The average molecular weight is 297 g/mol. The molecule has 3 heterocycles. The van der Waals surface area contributed by atoms with E-state index in [1.54, 1.807) is 0 Å². The number of fused-ring (bicyclic) bond motifs is 1. The average Bonchev–Trinajstić information content (AvgIpc) is 3.02. The van der Waals surface area contributed by atoms with Crippen LogP contribution in [0, 0.1) is 0 Å². The van der Waals surface area contributed by atoms with Crippen LogP contribution >= 0.6 is 0 Å². The van der Waals surface area contributed by atoms with Crippen LogP contribution in [0.1, 0.15) is 6.23 Å². The second kappa shape index (κ2) is 5.51. The molecule has 1 aliphatic rings. The molecule has 0 spiro atoms. The summed E-state index contributed by atoms with van der Waals surface area (Å²) in [5.74, 6) is 0.240. The third kappa shape index (κ3) is 2.23. The van der Waals surface area contributed by atoms with E-state index < -0.39 is 24.6 Å². The third-order valence-electron chi connectivity index (χ3n) is 3.53. The quantitative estimate of drug-likeness (QED) is 0.867. The van der Waals surface area contributed by atoms with Gasteiger partial charge in [0, 0.05) is 14.2 Å². The van der Waals surface area contributed by atoms with Gasteiger partial charge in [-0.05, 0) is 0 Å². The topological polar surface area (TPSA) is 97.3 Å². The summed E-state index contributed by atoms with van der Waals surface area (Å²) < 4.78 is 32.0. The van der Waals surface area contributed by atoms with Gasteiger partial charge in [-0.2, -0.15) is 0 Å². The highest BCUT2D eigenvalue weighted by Crippen LogP contribution is 2.35. The molecule has 0 aromatic carbocycles. The molecule has 4 atom stereocenters. The second-order valence-electron chi connectivity index (χ2n) is 4.75. The molecule has 2 aromatic rings. The number of methoxy groups -OCH3 is 2. The Labute approximate surface area is 120 Å². The van der Waals surface area contributed by atoms with Crippen molar-refractivity contribution in [2.75, 3.05) is 26.6 Å². The van der Waals surface area contributed by atoms with Crippen LogP contribution in [0.5, 0.6) is 0 Å². The number of anilines is 1. The summed E-state index contributed by atoms with van der Waals surface area (Å²) in [5, 5.41) is 0. The minimum atomic E-state index is -1.37. The van der Waals surface area contributed by atoms with Crippen molar-refractivity contribution >= 4 is 17.0 Å². The highest BCUT2D eigenvalue weighted by molar-refractivity contribution is 5.81. The Kier molecular flexibility index (Phi) is 3.70. The van der Waals surface area contributed by atoms with Crippen LogP contribution in [-0.2, 0) is 14.2 Å². The van der Waals surface area contributed by atoms with Crippen molar-refractivity contribution in [1.82, 2.24) is 19.5 Å². The van der Waals surface area contributed by atoms with Crippen molar-refractivity contribution < 1.29 is 18.6 Å². The van der Waals surface area contributed by atoms with Gasteiger partial charge in [0.05, 0.1) is 12.9 Å². The molecule has 1 fully saturated rings. The Bertz CT molecular complexity index is 636. The van der Waals surface area contributed by atoms with Gasteiger partial charge in [-0.15, -0.1) is 0 Å². The van der Waals surface area contributed by atoms with Crippen molar-refractivity contribution in [2.45, 2.75) is 24.6 Å². The second-order valence-corrected chi connectivity index (χ2v) is 4.75. The summed E-state index contributed by atoms with van der Waals surface area (Å²) in [6.07, 6.45) is -0.741. The number of hydrogen-bond acceptors (Lipinski definition) is 7. The minimum Gasteiger partial charge on any atom is -0.382 e. The number of hydrogen-bond donors (Lipinski definition) is 1. The molecular weight excluding hydrogens is 281 g/mol. The van der Waals surface area contributed by atoms with Crippen molar-refractivity contribution in [3.05, 3.63) is 12.7 Å². The van der Waals surface area contributed by atoms with Crippen molar-refractivity contribution in [3.63, 3.8) is 0 Å². The number of halogens is 1. The summed E-state index contributed by atoms with van der Waals surface area (Å²) >= 11 is 0. The predicted molar refractivity (Wildman–Crippen MR) is 71.2 cm³/mol. The third-order valence-corrected chi connectivity index (χ3v) is 3.53. The van der Waals surface area contributed by atoms with Gasteiger partial charge in [-0.1, -0.05) is 0 Å². The molecule has 9 heteroatoms. The molecule has 3 rings (SSSR count). The van der Waals surface area contributed by atoms with E-state index in [-0.39, 0.29) is 12.4 Å². The summed E-state index contributed by atoms with van der Waals surface area (Å²) in [6, 6.07) is 0. The summed E-state index contributed by atoms with van der Waals surface area (Å²) in [7, 11) is 2.97. The maximum atomic E-state index is 14.6. The van der Waals surface area contributed by atoms with E-state index in [0.29, 0.717) is 11.2 Å². The van der Waals surface area contributed by atoms with E-state index in [4.69, 9.17) is 19.9 Å². The molecule has 0 saturated carbocycles. The molecule has 1 saturated heterocycles. The molecule has 1 unspecified atom stereocenters. The van der Waals surface area contributed by atoms with Crippen molar-refractivity contribution in [1.29, 1.82) is 0 Å². The lowest BCUT2D eigenvalue weighted by atomic mass is 10.1. The van der Waals surface area contributed by atoms with E-state index in [1.807, 2.05) is 0 Å². The molecule has 2 aromatic heterocycles. The lowest BCUT2D eigenvalue weighted by Gasteiger charge is -2.16. The number of imidazole rings is 1. The first kappa shape index (κ1) is 14.1. The zero-order chi connectivity index (χ0) is 15.0. The van der Waals surface area contributed by atoms with Gasteiger partial charge >= 0.3 is 0 Å². The van der Waals surface area contributed by atoms with Gasteiger partial charge in [0.25, 0.3) is 0 Å². The fourth-order valence-electron chi connectivity index (χ4n) is 2.55. The molecule has 114 valence electrons. The lowest BCUT2D eigenvalue weighted by Crippen LogP contribution is -2.33. The van der Waals surface area contributed by atoms with Crippen molar-refractivity contribution in [3.8, 4) is 0 Å². The Morgan fingerprint density at radius 3 is 2.90 bits per heavy atom. The smallest absolute Gasteiger partial charge is 0.174 e. The van der Waals surface area contributed by atoms with Gasteiger partial charge < -0.3 is 19.9 Å².